The molecular formula is C19H21ClN2O4S. The van der Waals surface area contributed by atoms with Gasteiger partial charge in [-0.25, -0.2) is 8.42 Å². The van der Waals surface area contributed by atoms with Crippen LogP contribution in [-0.4, -0.2) is 37.5 Å². The number of nitrogens with one attached hydrogen (secondary N) is 1. The highest BCUT2D eigenvalue weighted by Crippen LogP contribution is 2.17. The van der Waals surface area contributed by atoms with Gasteiger partial charge in [0.15, 0.2) is 5.78 Å². The minimum absolute atomic E-state index is 0.0115. The van der Waals surface area contributed by atoms with Gasteiger partial charge in [0.25, 0.3) is 0 Å². The maximum Gasteiger partial charge on any atom is 0.243 e. The first-order valence-corrected chi connectivity index (χ1v) is 10.2. The molecule has 0 aromatic heterocycles. The number of nitrogens with zero attached hydrogens (tertiary/aromatic N) is 1. The van der Waals surface area contributed by atoms with Gasteiger partial charge in [0.05, 0.1) is 11.4 Å². The molecule has 144 valence electrons. The number of rotatable bonds is 8. The standard InChI is InChI=1S/C19H21ClN2O4S/c1-3-22(13-19(24)21-12-15-7-9-17(20)10-8-15)27(25,26)18-6-4-5-16(11-18)14(2)23/h4-11H,3,12-13H2,1-2H3,(H,21,24). The number of hydrogen-bond acceptors (Lipinski definition) is 4. The Hall–Kier alpha value is -2.22. The van der Waals surface area contributed by atoms with Crippen LogP contribution in [0.4, 0.5) is 0 Å². The van der Waals surface area contributed by atoms with Crippen molar-refractivity contribution < 1.29 is 18.0 Å². The van der Waals surface area contributed by atoms with Gasteiger partial charge < -0.3 is 5.32 Å². The van der Waals surface area contributed by atoms with E-state index < -0.39 is 15.9 Å². The molecule has 2 aromatic rings. The van der Waals surface area contributed by atoms with Crippen molar-refractivity contribution >= 4 is 33.3 Å². The molecule has 0 unspecified atom stereocenters. The lowest BCUT2D eigenvalue weighted by Gasteiger charge is -2.20. The fourth-order valence-electron chi connectivity index (χ4n) is 2.41. The molecular weight excluding hydrogens is 388 g/mol. The zero-order valence-corrected chi connectivity index (χ0v) is 16.7. The van der Waals surface area contributed by atoms with Gasteiger partial charge >= 0.3 is 0 Å². The summed E-state index contributed by atoms with van der Waals surface area (Å²) in [7, 11) is -3.89. The third-order valence-electron chi connectivity index (χ3n) is 3.95. The average Bonchev–Trinajstić information content (AvgIpc) is 2.65. The number of hydrogen-bond donors (Lipinski definition) is 1. The second-order valence-electron chi connectivity index (χ2n) is 5.92. The first kappa shape index (κ1) is 21.1. The molecule has 1 amide bonds. The minimum Gasteiger partial charge on any atom is -0.351 e. The zero-order valence-electron chi connectivity index (χ0n) is 15.1. The quantitative estimate of drug-likeness (QED) is 0.681. The lowest BCUT2D eigenvalue weighted by atomic mass is 10.2. The second-order valence-corrected chi connectivity index (χ2v) is 8.29. The molecule has 27 heavy (non-hydrogen) atoms. The number of benzene rings is 2. The Morgan fingerprint density at radius 2 is 1.78 bits per heavy atom. The van der Waals surface area contributed by atoms with E-state index in [4.69, 9.17) is 11.6 Å². The molecule has 2 aromatic carbocycles. The topological polar surface area (TPSA) is 83.6 Å². The SMILES string of the molecule is CCN(CC(=O)NCc1ccc(Cl)cc1)S(=O)(=O)c1cccc(C(C)=O)c1. The molecule has 0 atom stereocenters. The molecule has 8 heteroatoms. The molecule has 0 aliphatic rings. The number of halogens is 1. The van der Waals surface area contributed by atoms with Crippen molar-refractivity contribution in [1.82, 2.24) is 9.62 Å². The first-order chi connectivity index (χ1) is 12.7. The van der Waals surface area contributed by atoms with E-state index in [1.807, 2.05) is 0 Å². The van der Waals surface area contributed by atoms with Crippen LogP contribution in [0.2, 0.25) is 5.02 Å². The predicted molar refractivity (Wildman–Crippen MR) is 104 cm³/mol. The van der Waals surface area contributed by atoms with Crippen LogP contribution in [0.25, 0.3) is 0 Å². The molecule has 0 aliphatic heterocycles. The van der Waals surface area contributed by atoms with Crippen LogP contribution in [0.5, 0.6) is 0 Å². The Morgan fingerprint density at radius 1 is 1.11 bits per heavy atom. The van der Waals surface area contributed by atoms with Crippen LogP contribution in [0.1, 0.15) is 29.8 Å². The third-order valence-corrected chi connectivity index (χ3v) is 6.12. The highest BCUT2D eigenvalue weighted by Gasteiger charge is 2.25. The highest BCUT2D eigenvalue weighted by atomic mass is 35.5. The van der Waals surface area contributed by atoms with E-state index >= 15 is 0 Å². The lowest BCUT2D eigenvalue weighted by molar-refractivity contribution is -0.121. The van der Waals surface area contributed by atoms with Gasteiger partial charge in [-0.15, -0.1) is 0 Å². The molecule has 0 saturated heterocycles. The summed E-state index contributed by atoms with van der Waals surface area (Å²) >= 11 is 5.82. The van der Waals surface area contributed by atoms with Gasteiger partial charge in [-0.3, -0.25) is 9.59 Å². The minimum atomic E-state index is -3.89. The summed E-state index contributed by atoms with van der Waals surface area (Å²) in [6.07, 6.45) is 0. The molecule has 6 nitrogen and oxygen atoms in total. The largest absolute Gasteiger partial charge is 0.351 e. The summed E-state index contributed by atoms with van der Waals surface area (Å²) in [6.45, 7) is 3.11. The fourth-order valence-corrected chi connectivity index (χ4v) is 3.99. The Labute approximate surface area is 164 Å². The van der Waals surface area contributed by atoms with E-state index in [9.17, 15) is 18.0 Å². The second kappa shape index (κ2) is 9.12. The Kier molecular flexibility index (Phi) is 7.12. The molecule has 0 aliphatic carbocycles. The summed E-state index contributed by atoms with van der Waals surface area (Å²) < 4.78 is 26.7. The molecule has 0 saturated carbocycles. The van der Waals surface area contributed by atoms with Crippen LogP contribution in [0.3, 0.4) is 0 Å². The summed E-state index contributed by atoms with van der Waals surface area (Å²) in [5.41, 5.74) is 1.16. The molecule has 0 heterocycles. The van der Waals surface area contributed by atoms with Crippen LogP contribution >= 0.6 is 11.6 Å². The molecule has 0 bridgehead atoms. The summed E-state index contributed by atoms with van der Waals surface area (Å²) in [5.74, 6) is -0.645. The van der Waals surface area contributed by atoms with Gasteiger partial charge in [0.1, 0.15) is 0 Å². The molecule has 2 rings (SSSR count). The number of sulfonamides is 1. The molecule has 1 N–H and O–H groups in total. The van der Waals surface area contributed by atoms with Gasteiger partial charge in [-0.1, -0.05) is 42.8 Å². The van der Waals surface area contributed by atoms with E-state index in [0.717, 1.165) is 9.87 Å². The Balaban J connectivity index is 2.08. The number of ketones is 1. The van der Waals surface area contributed by atoms with Crippen molar-refractivity contribution in [3.05, 3.63) is 64.7 Å². The zero-order chi connectivity index (χ0) is 20.0. The smallest absolute Gasteiger partial charge is 0.243 e. The van der Waals surface area contributed by atoms with Gasteiger partial charge in [-0.05, 0) is 36.8 Å². The summed E-state index contributed by atoms with van der Waals surface area (Å²) in [4.78, 5) is 23.7. The normalized spacial score (nSPS) is 11.4. The fraction of sp³-hybridized carbons (Fsp3) is 0.263. The Morgan fingerprint density at radius 3 is 2.37 bits per heavy atom. The summed E-state index contributed by atoms with van der Waals surface area (Å²) in [5, 5.41) is 3.29. The van der Waals surface area contributed by atoms with Crippen molar-refractivity contribution in [2.75, 3.05) is 13.1 Å². The van der Waals surface area contributed by atoms with E-state index in [-0.39, 0.29) is 30.3 Å². The van der Waals surface area contributed by atoms with Gasteiger partial charge in [0.2, 0.25) is 15.9 Å². The predicted octanol–water partition coefficient (Wildman–Crippen LogP) is 2.87. The first-order valence-electron chi connectivity index (χ1n) is 8.36. The summed E-state index contributed by atoms with van der Waals surface area (Å²) in [6, 6.07) is 12.8. The van der Waals surface area contributed by atoms with Crippen LogP contribution in [-0.2, 0) is 21.4 Å². The van der Waals surface area contributed by atoms with E-state index in [2.05, 4.69) is 5.32 Å². The maximum atomic E-state index is 12.8. The van der Waals surface area contributed by atoms with E-state index in [0.29, 0.717) is 10.6 Å². The van der Waals surface area contributed by atoms with Crippen LogP contribution in [0, 0.1) is 0 Å². The highest BCUT2D eigenvalue weighted by molar-refractivity contribution is 7.89. The van der Waals surface area contributed by atoms with Gasteiger partial charge in [-0.2, -0.15) is 4.31 Å². The molecule has 0 spiro atoms. The van der Waals surface area contributed by atoms with Crippen LogP contribution < -0.4 is 5.32 Å². The average molecular weight is 409 g/mol. The number of carbonyl (C=O) groups is 2. The van der Waals surface area contributed by atoms with Crippen molar-refractivity contribution in [3.8, 4) is 0 Å². The monoisotopic (exact) mass is 408 g/mol. The third kappa shape index (κ3) is 5.63. The number of likely N-dealkylation sites (N-methyl/N-ethyl adjacent to an activating group) is 1. The van der Waals surface area contributed by atoms with Crippen LogP contribution in [0.15, 0.2) is 53.4 Å². The number of Topliss-reactive ketones (excluding diaryl/α,β-unsaturated/α-hetero) is 1. The van der Waals surface area contributed by atoms with E-state index in [1.165, 1.54) is 25.1 Å². The Bertz CT molecular complexity index is 927. The van der Waals surface area contributed by atoms with E-state index in [1.54, 1.807) is 37.3 Å². The molecule has 0 fully saturated rings. The number of amides is 1. The number of carbonyl (C=O) groups excluding carboxylic acids is 2. The van der Waals surface area contributed by atoms with Crippen molar-refractivity contribution in [2.45, 2.75) is 25.3 Å². The maximum absolute atomic E-state index is 12.8. The van der Waals surface area contributed by atoms with Crippen molar-refractivity contribution in [3.63, 3.8) is 0 Å². The molecule has 0 radical (unpaired) electrons. The van der Waals surface area contributed by atoms with Crippen molar-refractivity contribution in [2.24, 2.45) is 0 Å². The van der Waals surface area contributed by atoms with Crippen molar-refractivity contribution in [1.29, 1.82) is 0 Å². The lowest BCUT2D eigenvalue weighted by Crippen LogP contribution is -2.40. The van der Waals surface area contributed by atoms with Gasteiger partial charge in [0, 0.05) is 23.7 Å².